The first kappa shape index (κ1) is 12.5. The van der Waals surface area contributed by atoms with Crippen molar-refractivity contribution in [3.63, 3.8) is 0 Å². The van der Waals surface area contributed by atoms with Gasteiger partial charge in [-0.1, -0.05) is 0 Å². The van der Waals surface area contributed by atoms with E-state index in [4.69, 9.17) is 5.11 Å². The van der Waals surface area contributed by atoms with Crippen molar-refractivity contribution < 1.29 is 14.7 Å². The molecule has 18 heavy (non-hydrogen) atoms. The highest BCUT2D eigenvalue weighted by molar-refractivity contribution is 5.95. The Balaban J connectivity index is 1.93. The summed E-state index contributed by atoms with van der Waals surface area (Å²) in [7, 11) is 0. The number of anilines is 1. The molecule has 96 valence electrons. The summed E-state index contributed by atoms with van der Waals surface area (Å²) in [6.45, 7) is 1.86. The molecule has 3 N–H and O–H groups in total. The molecule has 1 aromatic rings. The minimum atomic E-state index is -0.915. The summed E-state index contributed by atoms with van der Waals surface area (Å²) in [4.78, 5) is 26.7. The lowest BCUT2D eigenvalue weighted by Gasteiger charge is -2.12. The summed E-state index contributed by atoms with van der Waals surface area (Å²) in [5, 5.41) is 14.3. The Morgan fingerprint density at radius 1 is 1.39 bits per heavy atom. The van der Waals surface area contributed by atoms with Gasteiger partial charge in [-0.15, -0.1) is 0 Å². The second-order valence-electron chi connectivity index (χ2n) is 4.36. The Bertz CT molecular complexity index is 458. The van der Waals surface area contributed by atoms with Gasteiger partial charge in [-0.25, -0.2) is 0 Å². The lowest BCUT2D eigenvalue weighted by Crippen LogP contribution is -2.41. The lowest BCUT2D eigenvalue weighted by atomic mass is 10.2. The van der Waals surface area contributed by atoms with Gasteiger partial charge in [-0.05, 0) is 31.9 Å². The van der Waals surface area contributed by atoms with Crippen LogP contribution in [-0.2, 0) is 9.59 Å². The standard InChI is InChI=1S/C12H15N3O3/c1-7-2-3-8(6-13-7)14-11(16)9-4-5-10(15-9)12(17)18/h2-3,6,9-10,15H,4-5H2,1H3,(H,14,16)(H,17,18)/t9-,10+/m1/s1. The number of carboxylic acids is 1. The molecule has 6 nitrogen and oxygen atoms in total. The van der Waals surface area contributed by atoms with E-state index in [-0.39, 0.29) is 5.91 Å². The first-order chi connectivity index (χ1) is 8.56. The molecule has 2 rings (SSSR count). The average Bonchev–Trinajstić information content (AvgIpc) is 2.81. The van der Waals surface area contributed by atoms with Gasteiger partial charge < -0.3 is 10.4 Å². The van der Waals surface area contributed by atoms with Crippen molar-refractivity contribution in [2.24, 2.45) is 0 Å². The van der Waals surface area contributed by atoms with Gasteiger partial charge in [0.25, 0.3) is 0 Å². The van der Waals surface area contributed by atoms with E-state index in [1.165, 1.54) is 0 Å². The van der Waals surface area contributed by atoms with Gasteiger partial charge in [-0.3, -0.25) is 19.9 Å². The molecule has 1 saturated heterocycles. The third-order valence-electron chi connectivity index (χ3n) is 2.94. The molecule has 0 radical (unpaired) electrons. The molecule has 6 heteroatoms. The van der Waals surface area contributed by atoms with Crippen LogP contribution in [0.1, 0.15) is 18.5 Å². The highest BCUT2D eigenvalue weighted by Gasteiger charge is 2.32. The third-order valence-corrected chi connectivity index (χ3v) is 2.94. The van der Waals surface area contributed by atoms with Crippen LogP contribution in [-0.4, -0.2) is 34.1 Å². The highest BCUT2D eigenvalue weighted by Crippen LogP contribution is 2.15. The first-order valence-corrected chi connectivity index (χ1v) is 5.78. The summed E-state index contributed by atoms with van der Waals surface area (Å²) in [6.07, 6.45) is 2.58. The van der Waals surface area contributed by atoms with Crippen LogP contribution in [0.25, 0.3) is 0 Å². The maximum atomic E-state index is 11.9. The second-order valence-corrected chi connectivity index (χ2v) is 4.36. The van der Waals surface area contributed by atoms with Crippen LogP contribution in [0.5, 0.6) is 0 Å². The van der Waals surface area contributed by atoms with E-state index in [0.29, 0.717) is 18.5 Å². The summed E-state index contributed by atoms with van der Waals surface area (Å²) < 4.78 is 0. The molecule has 0 aromatic carbocycles. The Morgan fingerprint density at radius 2 is 2.11 bits per heavy atom. The molecular weight excluding hydrogens is 234 g/mol. The summed E-state index contributed by atoms with van der Waals surface area (Å²) in [5.74, 6) is -1.13. The second kappa shape index (κ2) is 5.14. The fraction of sp³-hybridized carbons (Fsp3) is 0.417. The number of hydrogen-bond donors (Lipinski definition) is 3. The number of aryl methyl sites for hydroxylation is 1. The van der Waals surface area contributed by atoms with E-state index in [1.54, 1.807) is 18.3 Å². The van der Waals surface area contributed by atoms with Crippen LogP contribution in [0.4, 0.5) is 5.69 Å². The topological polar surface area (TPSA) is 91.3 Å². The number of aromatic nitrogens is 1. The fourth-order valence-electron chi connectivity index (χ4n) is 1.92. The molecule has 1 aromatic heterocycles. The van der Waals surface area contributed by atoms with Gasteiger partial charge in [0.2, 0.25) is 5.91 Å². The average molecular weight is 249 g/mol. The zero-order valence-corrected chi connectivity index (χ0v) is 10.0. The number of carbonyl (C=O) groups excluding carboxylic acids is 1. The number of amides is 1. The molecule has 1 aliphatic rings. The van der Waals surface area contributed by atoms with Crippen molar-refractivity contribution in [1.29, 1.82) is 0 Å². The molecule has 0 unspecified atom stereocenters. The third kappa shape index (κ3) is 2.84. The van der Waals surface area contributed by atoms with Crippen LogP contribution in [0.2, 0.25) is 0 Å². The molecule has 0 bridgehead atoms. The van der Waals surface area contributed by atoms with Crippen molar-refractivity contribution in [2.45, 2.75) is 31.8 Å². The number of rotatable bonds is 3. The quantitative estimate of drug-likeness (QED) is 0.727. The molecule has 0 spiro atoms. The van der Waals surface area contributed by atoms with Gasteiger partial charge in [0.15, 0.2) is 0 Å². The lowest BCUT2D eigenvalue weighted by molar-refractivity contribution is -0.139. The zero-order valence-electron chi connectivity index (χ0n) is 10.0. The summed E-state index contributed by atoms with van der Waals surface area (Å²) in [5.41, 5.74) is 1.49. The highest BCUT2D eigenvalue weighted by atomic mass is 16.4. The minimum Gasteiger partial charge on any atom is -0.480 e. The summed E-state index contributed by atoms with van der Waals surface area (Å²) >= 11 is 0. The number of pyridine rings is 1. The zero-order chi connectivity index (χ0) is 13.1. The van der Waals surface area contributed by atoms with E-state index < -0.39 is 18.1 Å². The fourth-order valence-corrected chi connectivity index (χ4v) is 1.92. The number of aliphatic carboxylic acids is 1. The first-order valence-electron chi connectivity index (χ1n) is 5.78. The Hall–Kier alpha value is -1.95. The van der Waals surface area contributed by atoms with Gasteiger partial charge in [0.1, 0.15) is 6.04 Å². The van der Waals surface area contributed by atoms with Gasteiger partial charge in [0, 0.05) is 5.69 Å². The van der Waals surface area contributed by atoms with Gasteiger partial charge in [0.05, 0.1) is 17.9 Å². The molecule has 0 aliphatic carbocycles. The minimum absolute atomic E-state index is 0.218. The smallest absolute Gasteiger partial charge is 0.320 e. The number of carbonyl (C=O) groups is 2. The van der Waals surface area contributed by atoms with Gasteiger partial charge >= 0.3 is 5.97 Å². The number of carboxylic acid groups (broad SMARTS) is 1. The van der Waals surface area contributed by atoms with Crippen LogP contribution in [0.15, 0.2) is 18.3 Å². The predicted molar refractivity (Wildman–Crippen MR) is 65.2 cm³/mol. The molecule has 1 fully saturated rings. The maximum Gasteiger partial charge on any atom is 0.320 e. The van der Waals surface area contributed by atoms with E-state index in [0.717, 1.165) is 5.69 Å². The van der Waals surface area contributed by atoms with Crippen LogP contribution >= 0.6 is 0 Å². The van der Waals surface area contributed by atoms with Crippen molar-refractivity contribution in [3.05, 3.63) is 24.0 Å². The molecule has 1 amide bonds. The molecule has 1 aliphatic heterocycles. The van der Waals surface area contributed by atoms with Crippen molar-refractivity contribution in [1.82, 2.24) is 10.3 Å². The number of nitrogens with one attached hydrogen (secondary N) is 2. The van der Waals surface area contributed by atoms with E-state index in [1.807, 2.05) is 6.92 Å². The maximum absolute atomic E-state index is 11.9. The van der Waals surface area contributed by atoms with Crippen molar-refractivity contribution in [3.8, 4) is 0 Å². The summed E-state index contributed by atoms with van der Waals surface area (Å²) in [6, 6.07) is 2.49. The number of hydrogen-bond acceptors (Lipinski definition) is 4. The molecular formula is C12H15N3O3. The Morgan fingerprint density at radius 3 is 2.67 bits per heavy atom. The van der Waals surface area contributed by atoms with E-state index in [9.17, 15) is 9.59 Å². The monoisotopic (exact) mass is 249 g/mol. The van der Waals surface area contributed by atoms with Crippen LogP contribution in [0.3, 0.4) is 0 Å². The van der Waals surface area contributed by atoms with Crippen LogP contribution < -0.4 is 10.6 Å². The normalized spacial score (nSPS) is 22.7. The molecule has 2 atom stereocenters. The molecule has 0 saturated carbocycles. The predicted octanol–water partition coefficient (Wildman–Crippen LogP) is 0.534. The van der Waals surface area contributed by atoms with E-state index >= 15 is 0 Å². The Kier molecular flexibility index (Phi) is 3.57. The van der Waals surface area contributed by atoms with Crippen LogP contribution in [0, 0.1) is 6.92 Å². The number of nitrogens with zero attached hydrogens (tertiary/aromatic N) is 1. The molecule has 2 heterocycles. The van der Waals surface area contributed by atoms with Gasteiger partial charge in [-0.2, -0.15) is 0 Å². The van der Waals surface area contributed by atoms with E-state index in [2.05, 4.69) is 15.6 Å². The van der Waals surface area contributed by atoms with Crippen molar-refractivity contribution in [2.75, 3.05) is 5.32 Å². The Labute approximate surface area is 104 Å². The van der Waals surface area contributed by atoms with Crippen molar-refractivity contribution >= 4 is 17.6 Å². The SMILES string of the molecule is Cc1ccc(NC(=O)[C@H]2CC[C@@H](C(=O)O)N2)cn1. The largest absolute Gasteiger partial charge is 0.480 e.